The normalized spacial score (nSPS) is 15.5. The van der Waals surface area contributed by atoms with Crippen molar-refractivity contribution in [1.82, 2.24) is 9.88 Å². The molecular formula is C24H22N4O6S. The number of hydrogen-bond acceptors (Lipinski definition) is 6. The molecule has 10 nitrogen and oxygen atoms in total. The summed E-state index contributed by atoms with van der Waals surface area (Å²) in [6.07, 6.45) is 1.43. The van der Waals surface area contributed by atoms with Crippen molar-refractivity contribution in [2.75, 3.05) is 12.0 Å². The van der Waals surface area contributed by atoms with E-state index < -0.39 is 27.9 Å². The molecule has 35 heavy (non-hydrogen) atoms. The third-order valence-electron chi connectivity index (χ3n) is 5.63. The SMILES string of the molecule is COc1ccc(N2C(=O)NC(=O)/C(=C\c3cc(C)n(-c4ccc(S(N)(=O)=O)cc4)c3C)C2=O)cc1. The van der Waals surface area contributed by atoms with Crippen LogP contribution in [-0.2, 0) is 19.6 Å². The van der Waals surface area contributed by atoms with Crippen molar-refractivity contribution in [3.63, 3.8) is 0 Å². The third kappa shape index (κ3) is 4.46. The van der Waals surface area contributed by atoms with Crippen LogP contribution in [0.15, 0.2) is 65.1 Å². The number of carbonyl (C=O) groups is 3. The number of barbiturate groups is 1. The smallest absolute Gasteiger partial charge is 0.335 e. The van der Waals surface area contributed by atoms with E-state index in [1.807, 2.05) is 11.5 Å². The average molecular weight is 495 g/mol. The van der Waals surface area contributed by atoms with Gasteiger partial charge in [0.15, 0.2) is 0 Å². The molecule has 0 saturated carbocycles. The highest BCUT2D eigenvalue weighted by atomic mass is 32.2. The van der Waals surface area contributed by atoms with Gasteiger partial charge in [0.05, 0.1) is 17.7 Å². The van der Waals surface area contributed by atoms with E-state index in [0.717, 1.165) is 10.6 Å². The van der Waals surface area contributed by atoms with E-state index in [1.54, 1.807) is 49.4 Å². The number of sulfonamides is 1. The second-order valence-electron chi connectivity index (χ2n) is 7.86. The van der Waals surface area contributed by atoms with Crippen LogP contribution in [-0.4, -0.2) is 37.9 Å². The van der Waals surface area contributed by atoms with E-state index in [9.17, 15) is 22.8 Å². The highest BCUT2D eigenvalue weighted by Gasteiger charge is 2.37. The number of amides is 4. The molecule has 2 aromatic carbocycles. The lowest BCUT2D eigenvalue weighted by Crippen LogP contribution is -2.54. The van der Waals surface area contributed by atoms with Crippen LogP contribution in [0.3, 0.4) is 0 Å². The second-order valence-corrected chi connectivity index (χ2v) is 9.42. The molecule has 0 spiro atoms. The fourth-order valence-corrected chi connectivity index (χ4v) is 4.41. The lowest BCUT2D eigenvalue weighted by Gasteiger charge is -2.26. The number of aryl methyl sites for hydroxylation is 1. The number of benzene rings is 2. The first-order chi connectivity index (χ1) is 16.5. The number of hydrogen-bond donors (Lipinski definition) is 2. The second kappa shape index (κ2) is 8.85. The summed E-state index contributed by atoms with van der Waals surface area (Å²) in [4.78, 5) is 39.0. The Kier molecular flexibility index (Phi) is 6.05. The number of nitrogens with zero attached hydrogens (tertiary/aromatic N) is 2. The Morgan fingerprint density at radius 2 is 1.54 bits per heavy atom. The van der Waals surface area contributed by atoms with Gasteiger partial charge in [-0.05, 0) is 80.1 Å². The first-order valence-electron chi connectivity index (χ1n) is 10.4. The number of imide groups is 2. The molecule has 0 unspecified atom stereocenters. The number of methoxy groups -OCH3 is 1. The number of aromatic nitrogens is 1. The predicted octanol–water partition coefficient (Wildman–Crippen LogP) is 2.42. The van der Waals surface area contributed by atoms with Crippen LogP contribution in [0.1, 0.15) is 17.0 Å². The zero-order valence-corrected chi connectivity index (χ0v) is 19.9. The van der Waals surface area contributed by atoms with Crippen LogP contribution in [0.5, 0.6) is 5.75 Å². The number of rotatable bonds is 5. The topological polar surface area (TPSA) is 141 Å². The summed E-state index contributed by atoms with van der Waals surface area (Å²) in [6, 6.07) is 13.2. The van der Waals surface area contributed by atoms with E-state index in [0.29, 0.717) is 22.7 Å². The van der Waals surface area contributed by atoms with Crippen molar-refractivity contribution in [3.8, 4) is 11.4 Å². The van der Waals surface area contributed by atoms with Gasteiger partial charge in [-0.25, -0.2) is 23.3 Å². The molecule has 180 valence electrons. The molecule has 3 N–H and O–H groups in total. The predicted molar refractivity (Wildman–Crippen MR) is 129 cm³/mol. The van der Waals surface area contributed by atoms with Crippen molar-refractivity contribution in [1.29, 1.82) is 0 Å². The Labute approximate surface area is 201 Å². The van der Waals surface area contributed by atoms with Crippen molar-refractivity contribution in [3.05, 3.63) is 77.1 Å². The Bertz CT molecular complexity index is 1490. The van der Waals surface area contributed by atoms with Crippen LogP contribution in [0.2, 0.25) is 0 Å². The molecule has 1 saturated heterocycles. The molecule has 0 atom stereocenters. The number of carbonyl (C=O) groups excluding carboxylic acids is 3. The fourth-order valence-electron chi connectivity index (χ4n) is 3.89. The molecule has 1 aliphatic rings. The van der Waals surface area contributed by atoms with Crippen LogP contribution < -0.4 is 20.1 Å². The first kappa shape index (κ1) is 23.9. The number of urea groups is 1. The molecule has 0 radical (unpaired) electrons. The Hall–Kier alpha value is -4.22. The van der Waals surface area contributed by atoms with Crippen molar-refractivity contribution < 1.29 is 27.5 Å². The highest BCUT2D eigenvalue weighted by molar-refractivity contribution is 7.89. The quantitative estimate of drug-likeness (QED) is 0.412. The summed E-state index contributed by atoms with van der Waals surface area (Å²) >= 11 is 0. The van der Waals surface area contributed by atoms with E-state index in [4.69, 9.17) is 9.88 Å². The van der Waals surface area contributed by atoms with Crippen molar-refractivity contribution in [2.45, 2.75) is 18.7 Å². The summed E-state index contributed by atoms with van der Waals surface area (Å²) < 4.78 is 30.0. The van der Waals surface area contributed by atoms with Crippen LogP contribution in [0, 0.1) is 13.8 Å². The first-order valence-corrected chi connectivity index (χ1v) is 11.9. The largest absolute Gasteiger partial charge is 0.497 e. The van der Waals surface area contributed by atoms with Gasteiger partial charge in [-0.2, -0.15) is 0 Å². The standard InChI is InChI=1S/C24H22N4O6S/c1-14-12-16(15(2)27(14)17-6-10-20(11-7-17)35(25,32)33)13-21-22(29)26-24(31)28(23(21)30)18-4-8-19(34-3)9-5-18/h4-13H,1-3H3,(H2,25,32,33)(H,26,29,31)/b21-13+. The van der Waals surface area contributed by atoms with Crippen molar-refractivity contribution in [2.24, 2.45) is 5.14 Å². The lowest BCUT2D eigenvalue weighted by atomic mass is 10.1. The molecule has 3 aromatic rings. The van der Waals surface area contributed by atoms with E-state index in [1.165, 1.54) is 25.3 Å². The maximum atomic E-state index is 13.2. The van der Waals surface area contributed by atoms with Gasteiger partial charge in [0.2, 0.25) is 10.0 Å². The summed E-state index contributed by atoms with van der Waals surface area (Å²) in [5.74, 6) is -1.01. The molecule has 2 heterocycles. The van der Waals surface area contributed by atoms with Gasteiger partial charge >= 0.3 is 6.03 Å². The molecule has 0 bridgehead atoms. The van der Waals surface area contributed by atoms with Gasteiger partial charge in [0.1, 0.15) is 11.3 Å². The zero-order valence-electron chi connectivity index (χ0n) is 19.1. The number of ether oxygens (including phenoxy) is 1. The average Bonchev–Trinajstić information content (AvgIpc) is 3.09. The molecule has 1 aliphatic heterocycles. The van der Waals surface area contributed by atoms with Crippen LogP contribution in [0.25, 0.3) is 11.8 Å². The van der Waals surface area contributed by atoms with E-state index in [-0.39, 0.29) is 16.2 Å². The van der Waals surface area contributed by atoms with Gasteiger partial charge < -0.3 is 9.30 Å². The Morgan fingerprint density at radius 1 is 0.943 bits per heavy atom. The Morgan fingerprint density at radius 3 is 2.11 bits per heavy atom. The van der Waals surface area contributed by atoms with Crippen LogP contribution in [0.4, 0.5) is 10.5 Å². The third-order valence-corrected chi connectivity index (χ3v) is 6.56. The minimum absolute atomic E-state index is 0.0150. The molecule has 11 heteroatoms. The highest BCUT2D eigenvalue weighted by Crippen LogP contribution is 2.27. The molecule has 4 rings (SSSR count). The maximum Gasteiger partial charge on any atom is 0.335 e. The molecule has 1 aromatic heterocycles. The van der Waals surface area contributed by atoms with Gasteiger partial charge in [-0.1, -0.05) is 0 Å². The van der Waals surface area contributed by atoms with Crippen molar-refractivity contribution >= 4 is 39.6 Å². The number of primary sulfonamides is 1. The number of anilines is 1. The van der Waals surface area contributed by atoms with E-state index in [2.05, 4.69) is 5.32 Å². The van der Waals surface area contributed by atoms with Crippen LogP contribution >= 0.6 is 0 Å². The number of nitrogens with one attached hydrogen (secondary N) is 1. The molecule has 1 fully saturated rings. The number of nitrogens with two attached hydrogens (primary N) is 1. The fraction of sp³-hybridized carbons (Fsp3) is 0.125. The summed E-state index contributed by atoms with van der Waals surface area (Å²) in [6.45, 7) is 3.63. The lowest BCUT2D eigenvalue weighted by molar-refractivity contribution is -0.122. The molecular weight excluding hydrogens is 472 g/mol. The maximum absolute atomic E-state index is 13.2. The minimum Gasteiger partial charge on any atom is -0.497 e. The van der Waals surface area contributed by atoms with Gasteiger partial charge in [0.25, 0.3) is 11.8 Å². The zero-order chi connectivity index (χ0) is 25.5. The summed E-state index contributed by atoms with van der Waals surface area (Å²) in [5, 5.41) is 7.37. The summed E-state index contributed by atoms with van der Waals surface area (Å²) in [5.41, 5.74) is 2.82. The molecule has 0 aliphatic carbocycles. The van der Waals surface area contributed by atoms with Gasteiger partial charge in [-0.3, -0.25) is 14.9 Å². The summed E-state index contributed by atoms with van der Waals surface area (Å²) in [7, 11) is -2.33. The minimum atomic E-state index is -3.82. The van der Waals surface area contributed by atoms with Gasteiger partial charge in [0, 0.05) is 17.1 Å². The molecule has 4 amide bonds. The van der Waals surface area contributed by atoms with E-state index >= 15 is 0 Å². The monoisotopic (exact) mass is 494 g/mol. The van der Waals surface area contributed by atoms with Gasteiger partial charge in [-0.15, -0.1) is 0 Å². The Balaban J connectivity index is 1.72.